The van der Waals surface area contributed by atoms with E-state index >= 15 is 0 Å². The van der Waals surface area contributed by atoms with Gasteiger partial charge in [0.2, 0.25) is 0 Å². The Kier molecular flexibility index (Phi) is 3.29. The molecule has 4 heteroatoms. The molecule has 0 spiro atoms. The molecule has 0 aromatic heterocycles. The average molecular weight is 281 g/mol. The van der Waals surface area contributed by atoms with E-state index < -0.39 is 0 Å². The number of carbonyl (C=O) groups is 1. The summed E-state index contributed by atoms with van der Waals surface area (Å²) in [5, 5.41) is 0. The van der Waals surface area contributed by atoms with Gasteiger partial charge in [-0.3, -0.25) is 4.79 Å². The Morgan fingerprint density at radius 3 is 2.24 bits per heavy atom. The average Bonchev–Trinajstić information content (AvgIpc) is 2.89. The second-order valence-corrected chi connectivity index (χ2v) is 5.60. The van der Waals surface area contributed by atoms with Gasteiger partial charge < -0.3 is 15.5 Å². The largest absolute Gasteiger partial charge is 0.397 e. The predicted octanol–water partition coefficient (Wildman–Crippen LogP) is 2.49. The summed E-state index contributed by atoms with van der Waals surface area (Å²) in [4.78, 5) is 16.4. The Labute approximate surface area is 124 Å². The molecule has 1 amide bonds. The highest BCUT2D eigenvalue weighted by Gasteiger charge is 2.24. The first-order valence-corrected chi connectivity index (χ1v) is 6.99. The summed E-state index contributed by atoms with van der Waals surface area (Å²) >= 11 is 0. The van der Waals surface area contributed by atoms with Crippen LogP contribution >= 0.6 is 0 Å². The number of nitrogens with zero attached hydrogens (tertiary/aromatic N) is 2. The van der Waals surface area contributed by atoms with Gasteiger partial charge in [0.25, 0.3) is 5.91 Å². The fourth-order valence-corrected chi connectivity index (χ4v) is 2.75. The van der Waals surface area contributed by atoms with Crippen molar-refractivity contribution in [2.75, 3.05) is 24.7 Å². The standard InChI is InChI=1S/C17H19N3O/c1-19(2)16-8-7-12(9-15(16)18)17(21)20-10-13-5-3-4-6-14(13)11-20/h3-9H,10-11,18H2,1-2H3. The third kappa shape index (κ3) is 2.44. The molecule has 0 saturated heterocycles. The molecule has 4 nitrogen and oxygen atoms in total. The van der Waals surface area contributed by atoms with Crippen molar-refractivity contribution >= 4 is 17.3 Å². The Morgan fingerprint density at radius 2 is 1.71 bits per heavy atom. The van der Waals surface area contributed by atoms with Gasteiger partial charge in [0.1, 0.15) is 0 Å². The molecule has 0 radical (unpaired) electrons. The van der Waals surface area contributed by atoms with E-state index in [1.54, 1.807) is 6.07 Å². The van der Waals surface area contributed by atoms with Crippen LogP contribution in [0.15, 0.2) is 42.5 Å². The van der Waals surface area contributed by atoms with Gasteiger partial charge in [0.15, 0.2) is 0 Å². The molecule has 0 atom stereocenters. The van der Waals surface area contributed by atoms with Crippen molar-refractivity contribution in [3.63, 3.8) is 0 Å². The zero-order valence-electron chi connectivity index (χ0n) is 12.3. The van der Waals surface area contributed by atoms with Gasteiger partial charge in [0, 0.05) is 32.7 Å². The second kappa shape index (κ2) is 5.13. The van der Waals surface area contributed by atoms with Crippen molar-refractivity contribution in [3.8, 4) is 0 Å². The molecule has 0 bridgehead atoms. The first kappa shape index (κ1) is 13.5. The van der Waals surface area contributed by atoms with Crippen LogP contribution < -0.4 is 10.6 Å². The Balaban J connectivity index is 1.83. The number of hydrogen-bond acceptors (Lipinski definition) is 3. The van der Waals surface area contributed by atoms with Crippen LogP contribution in [-0.2, 0) is 13.1 Å². The van der Waals surface area contributed by atoms with E-state index in [0.717, 1.165) is 5.69 Å². The molecule has 2 N–H and O–H groups in total. The van der Waals surface area contributed by atoms with E-state index in [9.17, 15) is 4.79 Å². The van der Waals surface area contributed by atoms with E-state index in [0.29, 0.717) is 24.3 Å². The summed E-state index contributed by atoms with van der Waals surface area (Å²) in [7, 11) is 3.87. The van der Waals surface area contributed by atoms with E-state index in [2.05, 4.69) is 12.1 Å². The van der Waals surface area contributed by atoms with Gasteiger partial charge in [0.05, 0.1) is 11.4 Å². The second-order valence-electron chi connectivity index (χ2n) is 5.60. The number of nitrogens with two attached hydrogens (primary N) is 1. The zero-order chi connectivity index (χ0) is 15.0. The van der Waals surface area contributed by atoms with Crippen molar-refractivity contribution < 1.29 is 4.79 Å². The third-order valence-electron chi connectivity index (χ3n) is 3.88. The number of rotatable bonds is 2. The van der Waals surface area contributed by atoms with Gasteiger partial charge >= 0.3 is 0 Å². The highest BCUT2D eigenvalue weighted by molar-refractivity contribution is 5.96. The minimum absolute atomic E-state index is 0.0307. The van der Waals surface area contributed by atoms with Crippen LogP contribution in [0.1, 0.15) is 21.5 Å². The topological polar surface area (TPSA) is 49.6 Å². The lowest BCUT2D eigenvalue weighted by Gasteiger charge is -2.18. The van der Waals surface area contributed by atoms with Crippen molar-refractivity contribution in [2.24, 2.45) is 0 Å². The normalized spacial score (nSPS) is 13.1. The Bertz CT molecular complexity index is 669. The van der Waals surface area contributed by atoms with Crippen molar-refractivity contribution in [1.82, 2.24) is 4.90 Å². The van der Waals surface area contributed by atoms with E-state index in [4.69, 9.17) is 5.73 Å². The maximum atomic E-state index is 12.6. The number of amides is 1. The van der Waals surface area contributed by atoms with Crippen LogP contribution in [0, 0.1) is 0 Å². The maximum Gasteiger partial charge on any atom is 0.254 e. The van der Waals surface area contributed by atoms with Crippen molar-refractivity contribution in [2.45, 2.75) is 13.1 Å². The monoisotopic (exact) mass is 281 g/mol. The fraction of sp³-hybridized carbons (Fsp3) is 0.235. The molecule has 2 aromatic rings. The number of benzene rings is 2. The molecule has 0 aliphatic carbocycles. The van der Waals surface area contributed by atoms with Crippen LogP contribution in [0.3, 0.4) is 0 Å². The van der Waals surface area contributed by atoms with Crippen molar-refractivity contribution in [1.29, 1.82) is 0 Å². The molecule has 0 fully saturated rings. The molecule has 0 saturated carbocycles. The third-order valence-corrected chi connectivity index (χ3v) is 3.88. The molecule has 21 heavy (non-hydrogen) atoms. The first-order valence-electron chi connectivity index (χ1n) is 6.99. The maximum absolute atomic E-state index is 12.6. The molecule has 1 aliphatic rings. The van der Waals surface area contributed by atoms with Gasteiger partial charge in [-0.25, -0.2) is 0 Å². The summed E-state index contributed by atoms with van der Waals surface area (Å²) in [5.74, 6) is 0.0307. The lowest BCUT2D eigenvalue weighted by atomic mass is 10.1. The smallest absolute Gasteiger partial charge is 0.254 e. The Morgan fingerprint density at radius 1 is 1.10 bits per heavy atom. The predicted molar refractivity (Wildman–Crippen MR) is 85.2 cm³/mol. The van der Waals surface area contributed by atoms with Crippen LogP contribution in [0.25, 0.3) is 0 Å². The molecule has 108 valence electrons. The number of nitrogen functional groups attached to an aromatic ring is 1. The summed E-state index contributed by atoms with van der Waals surface area (Å²) in [5.41, 5.74) is 10.7. The quantitative estimate of drug-likeness (QED) is 0.860. The highest BCUT2D eigenvalue weighted by atomic mass is 16.2. The van der Waals surface area contributed by atoms with Crippen LogP contribution in [0.2, 0.25) is 0 Å². The molecule has 1 aliphatic heterocycles. The minimum atomic E-state index is 0.0307. The Hall–Kier alpha value is -2.49. The fourth-order valence-electron chi connectivity index (χ4n) is 2.75. The molecular weight excluding hydrogens is 262 g/mol. The minimum Gasteiger partial charge on any atom is -0.397 e. The van der Waals surface area contributed by atoms with Gasteiger partial charge in [-0.15, -0.1) is 0 Å². The summed E-state index contributed by atoms with van der Waals surface area (Å²) in [6, 6.07) is 13.7. The van der Waals surface area contributed by atoms with Crippen LogP contribution in [-0.4, -0.2) is 24.9 Å². The molecule has 3 rings (SSSR count). The van der Waals surface area contributed by atoms with E-state index in [1.165, 1.54) is 11.1 Å². The van der Waals surface area contributed by atoms with Crippen LogP contribution in [0.4, 0.5) is 11.4 Å². The molecule has 1 heterocycles. The molecule has 0 unspecified atom stereocenters. The van der Waals surface area contributed by atoms with Gasteiger partial charge in [-0.05, 0) is 29.3 Å². The zero-order valence-corrected chi connectivity index (χ0v) is 12.3. The van der Waals surface area contributed by atoms with Gasteiger partial charge in [-0.2, -0.15) is 0 Å². The first-order chi connectivity index (χ1) is 10.1. The highest BCUT2D eigenvalue weighted by Crippen LogP contribution is 2.27. The number of carbonyl (C=O) groups excluding carboxylic acids is 1. The van der Waals surface area contributed by atoms with E-state index in [-0.39, 0.29) is 5.91 Å². The van der Waals surface area contributed by atoms with Crippen molar-refractivity contribution in [3.05, 3.63) is 59.2 Å². The molecule has 2 aromatic carbocycles. The van der Waals surface area contributed by atoms with Crippen LogP contribution in [0.5, 0.6) is 0 Å². The lowest BCUT2D eigenvalue weighted by molar-refractivity contribution is 0.0751. The number of fused-ring (bicyclic) bond motifs is 1. The van der Waals surface area contributed by atoms with E-state index in [1.807, 2.05) is 48.2 Å². The number of anilines is 2. The SMILES string of the molecule is CN(C)c1ccc(C(=O)N2Cc3ccccc3C2)cc1N. The summed E-state index contributed by atoms with van der Waals surface area (Å²) < 4.78 is 0. The molecular formula is C17H19N3O. The number of hydrogen-bond donors (Lipinski definition) is 1. The summed E-state index contributed by atoms with van der Waals surface area (Å²) in [6.45, 7) is 1.34. The summed E-state index contributed by atoms with van der Waals surface area (Å²) in [6.07, 6.45) is 0. The van der Waals surface area contributed by atoms with Gasteiger partial charge in [-0.1, -0.05) is 24.3 Å². The lowest BCUT2D eigenvalue weighted by Crippen LogP contribution is -2.25.